The highest BCUT2D eigenvalue weighted by molar-refractivity contribution is 7.89. The van der Waals surface area contributed by atoms with Crippen LogP contribution in [0, 0.1) is 11.3 Å². The lowest BCUT2D eigenvalue weighted by Gasteiger charge is -2.31. The molecule has 124 valence electrons. The molecule has 0 bridgehead atoms. The molecule has 3 N–H and O–H groups in total. The first-order valence-corrected chi connectivity index (χ1v) is 8.41. The van der Waals surface area contributed by atoms with Crippen molar-refractivity contribution >= 4 is 15.9 Å². The number of sulfonamides is 1. The fourth-order valence-corrected chi connectivity index (χ4v) is 3.51. The van der Waals surface area contributed by atoms with E-state index in [9.17, 15) is 13.2 Å². The second kappa shape index (κ2) is 7.52. The molecule has 2 rings (SSSR count). The Hall–Kier alpha value is -1.99. The van der Waals surface area contributed by atoms with Crippen molar-refractivity contribution in [3.8, 4) is 6.07 Å². The maximum atomic E-state index is 12.4. The zero-order valence-electron chi connectivity index (χ0n) is 12.3. The van der Waals surface area contributed by atoms with Crippen LogP contribution in [0.4, 0.5) is 0 Å². The molecule has 1 aliphatic rings. The smallest absolute Gasteiger partial charge is 0.243 e. The third-order valence-corrected chi connectivity index (χ3v) is 4.80. The minimum Gasteiger partial charge on any atom is -0.380 e. The number of rotatable bonds is 6. The predicted molar refractivity (Wildman–Crippen MR) is 79.6 cm³/mol. The first kappa shape index (κ1) is 17.4. The van der Waals surface area contributed by atoms with Crippen LogP contribution in [-0.4, -0.2) is 46.3 Å². The summed E-state index contributed by atoms with van der Waals surface area (Å²) in [4.78, 5) is 10.8. The number of carbonyl (C=O) groups is 1. The number of carbonyl (C=O) groups excluding carboxylic acids is 1. The molecule has 1 saturated heterocycles. The third-order valence-electron chi connectivity index (χ3n) is 3.31. The average molecular weight is 339 g/mol. The van der Waals surface area contributed by atoms with Gasteiger partial charge >= 0.3 is 0 Å². The summed E-state index contributed by atoms with van der Waals surface area (Å²) >= 11 is 0. The summed E-state index contributed by atoms with van der Waals surface area (Å²) in [5.74, 6) is -0.625. The number of ether oxygens (including phenoxy) is 2. The van der Waals surface area contributed by atoms with Crippen molar-refractivity contribution < 1.29 is 22.7 Å². The Balaban J connectivity index is 2.13. The molecule has 23 heavy (non-hydrogen) atoms. The minimum atomic E-state index is -3.84. The predicted octanol–water partition coefficient (Wildman–Crippen LogP) is -0.504. The summed E-state index contributed by atoms with van der Waals surface area (Å²) in [5, 5.41) is 8.86. The quantitative estimate of drug-likeness (QED) is 0.718. The van der Waals surface area contributed by atoms with Gasteiger partial charge in [-0.25, -0.2) is 13.1 Å². The van der Waals surface area contributed by atoms with Gasteiger partial charge in [-0.2, -0.15) is 5.26 Å². The molecule has 9 heteroatoms. The summed E-state index contributed by atoms with van der Waals surface area (Å²) in [5.41, 5.74) is 5.29. The molecular weight excluding hydrogens is 322 g/mol. The van der Waals surface area contributed by atoms with Crippen LogP contribution >= 0.6 is 0 Å². The van der Waals surface area contributed by atoms with Gasteiger partial charge in [-0.05, 0) is 24.6 Å². The molecule has 1 aromatic carbocycles. The highest BCUT2D eigenvalue weighted by atomic mass is 32.2. The van der Waals surface area contributed by atoms with Crippen molar-refractivity contribution in [1.29, 1.82) is 5.26 Å². The van der Waals surface area contributed by atoms with Gasteiger partial charge in [-0.1, -0.05) is 6.07 Å². The van der Waals surface area contributed by atoms with E-state index in [1.165, 1.54) is 24.3 Å². The topological polar surface area (TPSA) is 132 Å². The monoisotopic (exact) mass is 339 g/mol. The van der Waals surface area contributed by atoms with Crippen molar-refractivity contribution in [2.24, 2.45) is 5.73 Å². The number of hydrogen-bond donors (Lipinski definition) is 2. The van der Waals surface area contributed by atoms with Gasteiger partial charge in [0.1, 0.15) is 6.61 Å². The van der Waals surface area contributed by atoms with Gasteiger partial charge in [0.15, 0.2) is 0 Å². The molecule has 1 aromatic rings. The van der Waals surface area contributed by atoms with Crippen LogP contribution in [0.2, 0.25) is 0 Å². The lowest BCUT2D eigenvalue weighted by atomic mass is 10.1. The van der Waals surface area contributed by atoms with E-state index < -0.39 is 28.1 Å². The molecule has 1 fully saturated rings. The number of nitrogens with two attached hydrogens (primary N) is 1. The van der Waals surface area contributed by atoms with E-state index >= 15 is 0 Å². The fraction of sp³-hybridized carbons (Fsp3) is 0.429. The van der Waals surface area contributed by atoms with Gasteiger partial charge in [-0.3, -0.25) is 4.79 Å². The van der Waals surface area contributed by atoms with Crippen molar-refractivity contribution in [3.63, 3.8) is 0 Å². The molecule has 1 heterocycles. The van der Waals surface area contributed by atoms with Gasteiger partial charge in [-0.15, -0.1) is 0 Å². The van der Waals surface area contributed by atoms with Gasteiger partial charge in [0, 0.05) is 6.61 Å². The van der Waals surface area contributed by atoms with E-state index in [-0.39, 0.29) is 23.7 Å². The summed E-state index contributed by atoms with van der Waals surface area (Å²) in [6, 6.07) is 6.94. The highest BCUT2D eigenvalue weighted by Crippen LogP contribution is 2.16. The molecule has 0 spiro atoms. The Kier molecular flexibility index (Phi) is 5.68. The van der Waals surface area contributed by atoms with Crippen LogP contribution in [0.1, 0.15) is 12.0 Å². The first-order chi connectivity index (χ1) is 10.9. The molecule has 0 unspecified atom stereocenters. The summed E-state index contributed by atoms with van der Waals surface area (Å²) in [6.45, 7) is 0.249. The second-order valence-corrected chi connectivity index (χ2v) is 6.76. The number of primary amides is 1. The van der Waals surface area contributed by atoms with Crippen LogP contribution in [0.3, 0.4) is 0 Å². The number of hydrogen-bond acceptors (Lipinski definition) is 6. The van der Waals surface area contributed by atoms with E-state index in [0.717, 1.165) is 0 Å². The van der Waals surface area contributed by atoms with Crippen LogP contribution in [0.5, 0.6) is 0 Å². The zero-order valence-corrected chi connectivity index (χ0v) is 13.1. The Morgan fingerprint density at radius 2 is 2.30 bits per heavy atom. The van der Waals surface area contributed by atoms with E-state index in [1.54, 1.807) is 0 Å². The molecule has 1 amide bonds. The fourth-order valence-electron chi connectivity index (χ4n) is 2.22. The Bertz CT molecular complexity index is 713. The first-order valence-electron chi connectivity index (χ1n) is 6.92. The van der Waals surface area contributed by atoms with E-state index in [1.807, 2.05) is 6.07 Å². The zero-order chi connectivity index (χ0) is 16.9. The third kappa shape index (κ3) is 4.74. The molecule has 0 saturated carbocycles. The van der Waals surface area contributed by atoms with Crippen LogP contribution in [-0.2, 0) is 24.3 Å². The molecule has 0 radical (unpaired) electrons. The lowest BCUT2D eigenvalue weighted by Crippen LogP contribution is -2.51. The Morgan fingerprint density at radius 3 is 3.00 bits per heavy atom. The molecule has 2 atom stereocenters. The number of benzene rings is 1. The highest BCUT2D eigenvalue weighted by Gasteiger charge is 2.31. The minimum absolute atomic E-state index is 0.0178. The number of amides is 1. The molecular formula is C14H17N3O5S. The molecule has 8 nitrogen and oxygen atoms in total. The standard InChI is InChI=1S/C14H17N3O5S/c15-7-10-2-1-3-11(6-10)23(19,20)17-12-8-21-5-4-13(12)22-9-14(16)18/h1-3,6,12-13,17H,4-5,8-9H2,(H2,16,18)/t12-,13+/m1/s1. The van der Waals surface area contributed by atoms with Gasteiger partial charge in [0.05, 0.1) is 35.3 Å². The van der Waals surface area contributed by atoms with Gasteiger partial charge in [0.2, 0.25) is 15.9 Å². The average Bonchev–Trinajstić information content (AvgIpc) is 2.53. The van der Waals surface area contributed by atoms with Crippen LogP contribution in [0.15, 0.2) is 29.2 Å². The van der Waals surface area contributed by atoms with Crippen molar-refractivity contribution in [3.05, 3.63) is 29.8 Å². The largest absolute Gasteiger partial charge is 0.380 e. The Labute approximate surface area is 134 Å². The normalized spacial score (nSPS) is 21.5. The summed E-state index contributed by atoms with van der Waals surface area (Å²) in [6.07, 6.45) is -0.0659. The summed E-state index contributed by atoms with van der Waals surface area (Å²) in [7, 11) is -3.84. The molecule has 0 aliphatic carbocycles. The lowest BCUT2D eigenvalue weighted by molar-refractivity contribution is -0.127. The Morgan fingerprint density at radius 1 is 1.52 bits per heavy atom. The molecule has 1 aliphatic heterocycles. The second-order valence-electron chi connectivity index (χ2n) is 5.05. The van der Waals surface area contributed by atoms with E-state index in [4.69, 9.17) is 20.5 Å². The van der Waals surface area contributed by atoms with Crippen molar-refractivity contribution in [2.45, 2.75) is 23.5 Å². The number of nitriles is 1. The van der Waals surface area contributed by atoms with Crippen LogP contribution < -0.4 is 10.5 Å². The van der Waals surface area contributed by atoms with Gasteiger partial charge in [0.25, 0.3) is 0 Å². The van der Waals surface area contributed by atoms with Crippen molar-refractivity contribution in [1.82, 2.24) is 4.72 Å². The maximum absolute atomic E-state index is 12.4. The summed E-state index contributed by atoms with van der Waals surface area (Å²) < 4.78 is 38.0. The van der Waals surface area contributed by atoms with Crippen molar-refractivity contribution in [2.75, 3.05) is 19.8 Å². The molecule has 0 aromatic heterocycles. The van der Waals surface area contributed by atoms with Crippen LogP contribution in [0.25, 0.3) is 0 Å². The number of nitrogens with zero attached hydrogens (tertiary/aromatic N) is 1. The maximum Gasteiger partial charge on any atom is 0.243 e. The SMILES string of the molecule is N#Cc1cccc(S(=O)(=O)N[C@@H]2COCC[C@@H]2OCC(N)=O)c1. The van der Waals surface area contributed by atoms with Gasteiger partial charge < -0.3 is 15.2 Å². The number of nitrogens with one attached hydrogen (secondary N) is 1. The van der Waals surface area contributed by atoms with E-state index in [0.29, 0.717) is 13.0 Å². The van der Waals surface area contributed by atoms with E-state index in [2.05, 4.69) is 4.72 Å².